The Hall–Kier alpha value is -0.480. The van der Waals surface area contributed by atoms with Crippen LogP contribution in [0.15, 0.2) is 0 Å². The SMILES string of the molecule is CCCc1nc(Cl)c(C)c(NC(C)CSC)n1. The van der Waals surface area contributed by atoms with Crippen molar-refractivity contribution in [1.29, 1.82) is 0 Å². The van der Waals surface area contributed by atoms with Crippen molar-refractivity contribution in [3.05, 3.63) is 16.5 Å². The molecule has 0 fully saturated rings. The van der Waals surface area contributed by atoms with Gasteiger partial charge >= 0.3 is 0 Å². The van der Waals surface area contributed by atoms with E-state index in [0.717, 1.165) is 35.8 Å². The lowest BCUT2D eigenvalue weighted by molar-refractivity contribution is 0.820. The van der Waals surface area contributed by atoms with E-state index >= 15 is 0 Å². The summed E-state index contributed by atoms with van der Waals surface area (Å²) >= 11 is 7.93. The Bertz CT molecular complexity index is 371. The van der Waals surface area contributed by atoms with Crippen LogP contribution in [0.2, 0.25) is 5.15 Å². The number of hydrogen-bond acceptors (Lipinski definition) is 4. The highest BCUT2D eigenvalue weighted by atomic mass is 35.5. The molecule has 17 heavy (non-hydrogen) atoms. The number of aromatic nitrogens is 2. The van der Waals surface area contributed by atoms with Crippen LogP contribution >= 0.6 is 23.4 Å². The van der Waals surface area contributed by atoms with Crippen molar-refractivity contribution in [2.45, 2.75) is 39.7 Å². The van der Waals surface area contributed by atoms with E-state index in [2.05, 4.69) is 35.4 Å². The van der Waals surface area contributed by atoms with Crippen molar-refractivity contribution in [3.63, 3.8) is 0 Å². The molecule has 0 radical (unpaired) electrons. The van der Waals surface area contributed by atoms with Crippen molar-refractivity contribution >= 4 is 29.2 Å². The smallest absolute Gasteiger partial charge is 0.137 e. The third kappa shape index (κ3) is 4.36. The minimum Gasteiger partial charge on any atom is -0.366 e. The maximum atomic E-state index is 6.12. The molecule has 0 aromatic carbocycles. The molecule has 1 atom stereocenters. The molecule has 5 heteroatoms. The Morgan fingerprint density at radius 2 is 2.12 bits per heavy atom. The first kappa shape index (κ1) is 14.6. The molecule has 0 aliphatic carbocycles. The summed E-state index contributed by atoms with van der Waals surface area (Å²) in [6.45, 7) is 6.21. The van der Waals surface area contributed by atoms with Crippen molar-refractivity contribution < 1.29 is 0 Å². The van der Waals surface area contributed by atoms with Gasteiger partial charge in [0.25, 0.3) is 0 Å². The van der Waals surface area contributed by atoms with E-state index < -0.39 is 0 Å². The minimum absolute atomic E-state index is 0.379. The van der Waals surface area contributed by atoms with E-state index in [9.17, 15) is 0 Å². The Morgan fingerprint density at radius 3 is 2.71 bits per heavy atom. The second kappa shape index (κ2) is 7.07. The number of aryl methyl sites for hydroxylation is 1. The molecule has 1 aromatic heterocycles. The molecule has 3 nitrogen and oxygen atoms in total. The van der Waals surface area contributed by atoms with Gasteiger partial charge in [0.15, 0.2) is 0 Å². The summed E-state index contributed by atoms with van der Waals surface area (Å²) in [5, 5.41) is 3.95. The van der Waals surface area contributed by atoms with Crippen LogP contribution in [-0.2, 0) is 6.42 Å². The minimum atomic E-state index is 0.379. The highest BCUT2D eigenvalue weighted by Crippen LogP contribution is 2.21. The van der Waals surface area contributed by atoms with Gasteiger partial charge in [-0.3, -0.25) is 0 Å². The molecule has 1 heterocycles. The average Bonchev–Trinajstić information content (AvgIpc) is 2.26. The highest BCUT2D eigenvalue weighted by Gasteiger charge is 2.11. The van der Waals surface area contributed by atoms with Gasteiger partial charge in [0, 0.05) is 23.8 Å². The fourth-order valence-corrected chi connectivity index (χ4v) is 2.30. The fourth-order valence-electron chi connectivity index (χ4n) is 1.53. The average molecular weight is 274 g/mol. The lowest BCUT2D eigenvalue weighted by Crippen LogP contribution is -2.20. The van der Waals surface area contributed by atoms with E-state index in [1.165, 1.54) is 0 Å². The molecule has 0 saturated heterocycles. The van der Waals surface area contributed by atoms with Crippen molar-refractivity contribution in [2.75, 3.05) is 17.3 Å². The number of nitrogens with one attached hydrogen (secondary N) is 1. The molecule has 0 aliphatic heterocycles. The number of hydrogen-bond donors (Lipinski definition) is 1. The first-order valence-electron chi connectivity index (χ1n) is 5.87. The van der Waals surface area contributed by atoms with Crippen LogP contribution in [0.25, 0.3) is 0 Å². The summed E-state index contributed by atoms with van der Waals surface area (Å²) in [5.41, 5.74) is 0.930. The molecule has 1 aromatic rings. The van der Waals surface area contributed by atoms with Crippen molar-refractivity contribution in [1.82, 2.24) is 9.97 Å². The predicted octanol–water partition coefficient (Wildman–Crippen LogP) is 3.55. The fraction of sp³-hybridized carbons (Fsp3) is 0.667. The van der Waals surface area contributed by atoms with Gasteiger partial charge in [-0.1, -0.05) is 18.5 Å². The summed E-state index contributed by atoms with van der Waals surface area (Å²) in [5.74, 6) is 2.74. The number of rotatable bonds is 6. The van der Waals surface area contributed by atoms with Crippen LogP contribution in [0.4, 0.5) is 5.82 Å². The molecule has 1 N–H and O–H groups in total. The molecule has 0 aliphatic rings. The number of halogens is 1. The maximum Gasteiger partial charge on any atom is 0.137 e. The van der Waals surface area contributed by atoms with Gasteiger partial charge in [0.2, 0.25) is 0 Å². The lowest BCUT2D eigenvalue weighted by atomic mass is 10.2. The van der Waals surface area contributed by atoms with Gasteiger partial charge in [-0.2, -0.15) is 11.8 Å². The van der Waals surface area contributed by atoms with Crippen molar-refractivity contribution in [3.8, 4) is 0 Å². The standard InChI is InChI=1S/C12H20ClN3S/c1-5-6-10-15-11(13)9(3)12(16-10)14-8(2)7-17-4/h8H,5-7H2,1-4H3,(H,14,15,16). The molecule has 1 rings (SSSR count). The first-order chi connectivity index (χ1) is 8.08. The molecule has 0 saturated carbocycles. The molecule has 0 bridgehead atoms. The van der Waals surface area contributed by atoms with Gasteiger partial charge in [0.05, 0.1) is 0 Å². The summed E-state index contributed by atoms with van der Waals surface area (Å²) in [7, 11) is 0. The summed E-state index contributed by atoms with van der Waals surface area (Å²) in [6, 6.07) is 0.379. The normalized spacial score (nSPS) is 12.5. The summed E-state index contributed by atoms with van der Waals surface area (Å²) in [6.07, 6.45) is 3.99. The maximum absolute atomic E-state index is 6.12. The number of anilines is 1. The Balaban J connectivity index is 2.88. The second-order valence-electron chi connectivity index (χ2n) is 4.15. The Labute approximate surface area is 113 Å². The Kier molecular flexibility index (Phi) is 6.06. The Morgan fingerprint density at radius 1 is 1.41 bits per heavy atom. The topological polar surface area (TPSA) is 37.8 Å². The van der Waals surface area contributed by atoms with E-state index in [-0.39, 0.29) is 0 Å². The lowest BCUT2D eigenvalue weighted by Gasteiger charge is -2.16. The summed E-state index contributed by atoms with van der Waals surface area (Å²) < 4.78 is 0. The van der Waals surface area contributed by atoms with Crippen LogP contribution < -0.4 is 5.32 Å². The summed E-state index contributed by atoms with van der Waals surface area (Å²) in [4.78, 5) is 8.81. The van der Waals surface area contributed by atoms with Gasteiger partial charge in [-0.25, -0.2) is 9.97 Å². The van der Waals surface area contributed by atoms with Gasteiger partial charge in [-0.05, 0) is 26.5 Å². The molecule has 96 valence electrons. The van der Waals surface area contributed by atoms with Crippen LogP contribution in [0.1, 0.15) is 31.7 Å². The van der Waals surface area contributed by atoms with Gasteiger partial charge < -0.3 is 5.32 Å². The van der Waals surface area contributed by atoms with E-state index in [1.807, 2.05) is 18.7 Å². The third-order valence-electron chi connectivity index (χ3n) is 2.41. The van der Waals surface area contributed by atoms with Crippen LogP contribution in [0.5, 0.6) is 0 Å². The van der Waals surface area contributed by atoms with Gasteiger partial charge in [-0.15, -0.1) is 0 Å². The molecular formula is C12H20ClN3S. The zero-order valence-corrected chi connectivity index (χ0v) is 12.5. The quantitative estimate of drug-likeness (QED) is 0.805. The number of nitrogens with zero attached hydrogens (tertiary/aromatic N) is 2. The zero-order valence-electron chi connectivity index (χ0n) is 10.9. The predicted molar refractivity (Wildman–Crippen MR) is 77.2 cm³/mol. The van der Waals surface area contributed by atoms with Crippen LogP contribution in [0, 0.1) is 6.92 Å². The third-order valence-corrected chi connectivity index (χ3v) is 3.61. The van der Waals surface area contributed by atoms with E-state index in [4.69, 9.17) is 11.6 Å². The molecular weight excluding hydrogens is 254 g/mol. The highest BCUT2D eigenvalue weighted by molar-refractivity contribution is 7.98. The van der Waals surface area contributed by atoms with Gasteiger partial charge in [0.1, 0.15) is 16.8 Å². The molecule has 0 spiro atoms. The largest absolute Gasteiger partial charge is 0.366 e. The number of thioether (sulfide) groups is 1. The zero-order chi connectivity index (χ0) is 12.8. The van der Waals surface area contributed by atoms with Crippen LogP contribution in [0.3, 0.4) is 0 Å². The second-order valence-corrected chi connectivity index (χ2v) is 5.42. The van der Waals surface area contributed by atoms with Crippen molar-refractivity contribution in [2.24, 2.45) is 0 Å². The monoisotopic (exact) mass is 273 g/mol. The van der Waals surface area contributed by atoms with E-state index in [0.29, 0.717) is 11.2 Å². The molecule has 0 amide bonds. The first-order valence-corrected chi connectivity index (χ1v) is 7.64. The van der Waals surface area contributed by atoms with E-state index in [1.54, 1.807) is 0 Å². The van der Waals surface area contributed by atoms with Crippen LogP contribution in [-0.4, -0.2) is 28.0 Å². The molecule has 1 unspecified atom stereocenters.